The van der Waals surface area contributed by atoms with E-state index >= 15 is 0 Å². The van der Waals surface area contributed by atoms with E-state index in [1.54, 1.807) is 12.1 Å². The molecule has 3 rings (SSSR count). The standard InChI is InChI=1S/C22H27N5O2.HI/c1-2-23-22(25-12-11-17-15-27-20-6-4-3-5-19(17)20)26-14-13-24-21(29)16-7-9-18(28)10-8-16;/h3-10,15,27-28H,2,11-14H2,1H3,(H,24,29)(H2,23,25,26);1H. The summed E-state index contributed by atoms with van der Waals surface area (Å²) in [7, 11) is 0. The van der Waals surface area contributed by atoms with E-state index in [0.29, 0.717) is 25.2 Å². The molecular weight excluding hydrogens is 493 g/mol. The summed E-state index contributed by atoms with van der Waals surface area (Å²) in [5.41, 5.74) is 2.91. The Morgan fingerprint density at radius 3 is 2.53 bits per heavy atom. The molecule has 1 heterocycles. The molecule has 30 heavy (non-hydrogen) atoms. The number of halogens is 1. The van der Waals surface area contributed by atoms with Crippen molar-refractivity contribution in [3.8, 4) is 5.75 Å². The number of aliphatic imine (C=N–C) groups is 1. The molecule has 160 valence electrons. The molecule has 1 aromatic heterocycles. The van der Waals surface area contributed by atoms with Crippen molar-refractivity contribution in [1.82, 2.24) is 20.9 Å². The van der Waals surface area contributed by atoms with Gasteiger partial charge in [-0.15, -0.1) is 24.0 Å². The Bertz CT molecular complexity index is 969. The van der Waals surface area contributed by atoms with Crippen LogP contribution in [0, 0.1) is 0 Å². The molecule has 1 amide bonds. The van der Waals surface area contributed by atoms with Gasteiger partial charge in [0.05, 0.1) is 0 Å². The number of rotatable bonds is 8. The average molecular weight is 521 g/mol. The molecule has 7 nitrogen and oxygen atoms in total. The smallest absolute Gasteiger partial charge is 0.251 e. The van der Waals surface area contributed by atoms with Gasteiger partial charge in [0.25, 0.3) is 5.91 Å². The summed E-state index contributed by atoms with van der Waals surface area (Å²) in [5, 5.41) is 19.8. The topological polar surface area (TPSA) is 102 Å². The quantitative estimate of drug-likeness (QED) is 0.136. The van der Waals surface area contributed by atoms with Gasteiger partial charge >= 0.3 is 0 Å². The van der Waals surface area contributed by atoms with Gasteiger partial charge in [-0.05, 0) is 49.2 Å². The molecule has 0 bridgehead atoms. The van der Waals surface area contributed by atoms with Crippen LogP contribution in [0.3, 0.4) is 0 Å². The van der Waals surface area contributed by atoms with Crippen molar-refractivity contribution in [3.63, 3.8) is 0 Å². The van der Waals surface area contributed by atoms with E-state index in [2.05, 4.69) is 38.1 Å². The number of phenols is 1. The Kier molecular flexibility index (Phi) is 9.46. The molecule has 0 atom stereocenters. The summed E-state index contributed by atoms with van der Waals surface area (Å²) in [6, 6.07) is 14.4. The monoisotopic (exact) mass is 521 g/mol. The Hall–Kier alpha value is -2.75. The van der Waals surface area contributed by atoms with Gasteiger partial charge in [0.1, 0.15) is 5.75 Å². The summed E-state index contributed by atoms with van der Waals surface area (Å²) >= 11 is 0. The summed E-state index contributed by atoms with van der Waals surface area (Å²) in [6.45, 7) is 4.47. The molecule has 0 aliphatic carbocycles. The zero-order valence-electron chi connectivity index (χ0n) is 16.9. The van der Waals surface area contributed by atoms with Crippen LogP contribution in [0.5, 0.6) is 5.75 Å². The molecule has 0 unspecified atom stereocenters. The van der Waals surface area contributed by atoms with Crippen LogP contribution >= 0.6 is 24.0 Å². The van der Waals surface area contributed by atoms with Gasteiger partial charge in [0.15, 0.2) is 5.96 Å². The molecule has 0 fully saturated rings. The summed E-state index contributed by atoms with van der Waals surface area (Å²) < 4.78 is 0. The number of H-pyrrole nitrogens is 1. The molecule has 5 N–H and O–H groups in total. The van der Waals surface area contributed by atoms with Crippen molar-refractivity contribution in [2.45, 2.75) is 13.3 Å². The van der Waals surface area contributed by atoms with Crippen LogP contribution in [0.4, 0.5) is 0 Å². The van der Waals surface area contributed by atoms with Gasteiger partial charge in [-0.3, -0.25) is 9.79 Å². The van der Waals surface area contributed by atoms with Gasteiger partial charge < -0.3 is 26.0 Å². The van der Waals surface area contributed by atoms with E-state index in [0.717, 1.165) is 24.4 Å². The first-order chi connectivity index (χ1) is 14.2. The maximum absolute atomic E-state index is 12.1. The number of fused-ring (bicyclic) bond motifs is 1. The minimum absolute atomic E-state index is 0. The van der Waals surface area contributed by atoms with Crippen molar-refractivity contribution in [3.05, 3.63) is 65.9 Å². The van der Waals surface area contributed by atoms with Gasteiger partial charge in [-0.2, -0.15) is 0 Å². The number of hydrogen-bond donors (Lipinski definition) is 5. The van der Waals surface area contributed by atoms with Crippen LogP contribution in [-0.4, -0.2) is 48.1 Å². The second-order valence-electron chi connectivity index (χ2n) is 6.60. The van der Waals surface area contributed by atoms with Crippen LogP contribution in [-0.2, 0) is 6.42 Å². The number of carbonyl (C=O) groups is 1. The third kappa shape index (κ3) is 6.65. The number of para-hydroxylation sites is 1. The van der Waals surface area contributed by atoms with Gasteiger partial charge in [-0.1, -0.05) is 18.2 Å². The predicted octanol–water partition coefficient (Wildman–Crippen LogP) is 3.02. The SMILES string of the molecule is CCNC(=NCCc1c[nH]c2ccccc12)NCCNC(=O)c1ccc(O)cc1.I. The predicted molar refractivity (Wildman–Crippen MR) is 132 cm³/mol. The lowest BCUT2D eigenvalue weighted by molar-refractivity contribution is 0.0954. The zero-order valence-corrected chi connectivity index (χ0v) is 19.3. The minimum atomic E-state index is -0.173. The number of carbonyl (C=O) groups excluding carboxylic acids is 1. The number of hydrogen-bond acceptors (Lipinski definition) is 3. The fraction of sp³-hybridized carbons (Fsp3) is 0.273. The third-order valence-electron chi connectivity index (χ3n) is 4.50. The summed E-state index contributed by atoms with van der Waals surface area (Å²) in [5.74, 6) is 0.696. The highest BCUT2D eigenvalue weighted by Crippen LogP contribution is 2.17. The van der Waals surface area contributed by atoms with E-state index in [-0.39, 0.29) is 35.6 Å². The highest BCUT2D eigenvalue weighted by Gasteiger charge is 2.05. The molecule has 0 spiro atoms. The maximum atomic E-state index is 12.1. The molecule has 2 aromatic carbocycles. The summed E-state index contributed by atoms with van der Waals surface area (Å²) in [4.78, 5) is 20.0. The fourth-order valence-corrected chi connectivity index (χ4v) is 3.04. The third-order valence-corrected chi connectivity index (χ3v) is 4.50. The first-order valence-electron chi connectivity index (χ1n) is 9.81. The second-order valence-corrected chi connectivity index (χ2v) is 6.60. The van der Waals surface area contributed by atoms with Crippen molar-refractivity contribution >= 4 is 46.7 Å². The number of guanidine groups is 1. The number of phenolic OH excluding ortho intramolecular Hbond substituents is 1. The number of aromatic amines is 1. The first kappa shape index (κ1) is 23.5. The van der Waals surface area contributed by atoms with Crippen molar-refractivity contribution in [2.24, 2.45) is 4.99 Å². The fourth-order valence-electron chi connectivity index (χ4n) is 3.04. The number of nitrogens with one attached hydrogen (secondary N) is 4. The van der Waals surface area contributed by atoms with E-state index in [9.17, 15) is 9.90 Å². The maximum Gasteiger partial charge on any atom is 0.251 e. The van der Waals surface area contributed by atoms with Crippen molar-refractivity contribution in [2.75, 3.05) is 26.2 Å². The van der Waals surface area contributed by atoms with Crippen LogP contribution in [0.25, 0.3) is 10.9 Å². The lowest BCUT2D eigenvalue weighted by Crippen LogP contribution is -2.41. The molecule has 0 aliphatic heterocycles. The van der Waals surface area contributed by atoms with E-state index < -0.39 is 0 Å². The molecule has 0 saturated carbocycles. The van der Waals surface area contributed by atoms with Crippen LogP contribution in [0.2, 0.25) is 0 Å². The molecule has 8 heteroatoms. The minimum Gasteiger partial charge on any atom is -0.508 e. The summed E-state index contributed by atoms with van der Waals surface area (Å²) in [6.07, 6.45) is 2.89. The number of benzene rings is 2. The van der Waals surface area contributed by atoms with E-state index in [4.69, 9.17) is 0 Å². The number of aromatic hydroxyl groups is 1. The Balaban J connectivity index is 0.00000320. The van der Waals surface area contributed by atoms with Gasteiger partial charge in [0, 0.05) is 48.8 Å². The van der Waals surface area contributed by atoms with Gasteiger partial charge in [0.2, 0.25) is 0 Å². The zero-order chi connectivity index (χ0) is 20.5. The highest BCUT2D eigenvalue weighted by molar-refractivity contribution is 14.0. The largest absolute Gasteiger partial charge is 0.508 e. The van der Waals surface area contributed by atoms with Crippen LogP contribution < -0.4 is 16.0 Å². The Morgan fingerprint density at radius 2 is 1.77 bits per heavy atom. The van der Waals surface area contributed by atoms with Crippen LogP contribution in [0.1, 0.15) is 22.8 Å². The molecule has 3 aromatic rings. The van der Waals surface area contributed by atoms with Crippen molar-refractivity contribution in [1.29, 1.82) is 0 Å². The molecule has 0 aliphatic rings. The highest BCUT2D eigenvalue weighted by atomic mass is 127. The molecular formula is C22H28IN5O2. The first-order valence-corrected chi connectivity index (χ1v) is 9.81. The lowest BCUT2D eigenvalue weighted by atomic mass is 10.1. The van der Waals surface area contributed by atoms with E-state index in [1.807, 2.05) is 25.3 Å². The second kappa shape index (κ2) is 12.1. The lowest BCUT2D eigenvalue weighted by Gasteiger charge is -2.12. The Morgan fingerprint density at radius 1 is 1.03 bits per heavy atom. The van der Waals surface area contributed by atoms with E-state index in [1.165, 1.54) is 23.1 Å². The normalized spacial score (nSPS) is 11.0. The number of aromatic nitrogens is 1. The molecule has 0 saturated heterocycles. The van der Waals surface area contributed by atoms with Crippen LogP contribution in [0.15, 0.2) is 59.7 Å². The average Bonchev–Trinajstić information content (AvgIpc) is 3.14. The number of nitrogens with zero attached hydrogens (tertiary/aromatic N) is 1. The Labute approximate surface area is 193 Å². The number of amides is 1. The van der Waals surface area contributed by atoms with Gasteiger partial charge in [-0.25, -0.2) is 0 Å². The molecule has 0 radical (unpaired) electrons. The van der Waals surface area contributed by atoms with Crippen molar-refractivity contribution < 1.29 is 9.90 Å².